The van der Waals surface area contributed by atoms with Crippen molar-refractivity contribution in [2.75, 3.05) is 26.2 Å². The van der Waals surface area contributed by atoms with E-state index >= 15 is 0 Å². The zero-order chi connectivity index (χ0) is 19.2. The summed E-state index contributed by atoms with van der Waals surface area (Å²) in [7, 11) is -3.50. The molecular weight excluding hydrogens is 360 g/mol. The minimum absolute atomic E-state index is 0.219. The Labute approximate surface area is 162 Å². The van der Waals surface area contributed by atoms with Crippen LogP contribution in [0.4, 0.5) is 0 Å². The number of sulfonamides is 1. The van der Waals surface area contributed by atoms with E-state index < -0.39 is 10.0 Å². The van der Waals surface area contributed by atoms with Crippen molar-refractivity contribution in [3.8, 4) is 0 Å². The van der Waals surface area contributed by atoms with Crippen molar-refractivity contribution < 1.29 is 13.2 Å². The molecule has 0 spiro atoms. The van der Waals surface area contributed by atoms with Gasteiger partial charge in [0.25, 0.3) is 0 Å². The summed E-state index contributed by atoms with van der Waals surface area (Å²) in [5.41, 5.74) is 1.72. The van der Waals surface area contributed by atoms with E-state index in [0.717, 1.165) is 23.0 Å². The van der Waals surface area contributed by atoms with Crippen molar-refractivity contribution in [3.63, 3.8) is 0 Å². The number of carbonyl (C=O) groups excluding carboxylic acids is 1. The Kier molecular flexibility index (Phi) is 5.06. The molecule has 1 aromatic carbocycles. The highest BCUT2D eigenvalue weighted by atomic mass is 32.2. The quantitative estimate of drug-likeness (QED) is 0.794. The molecule has 0 aromatic heterocycles. The zero-order valence-electron chi connectivity index (χ0n) is 16.4. The monoisotopic (exact) mass is 390 g/mol. The Bertz CT molecular complexity index is 828. The molecule has 4 rings (SSSR count). The number of aryl methyl sites for hydroxylation is 2. The fourth-order valence-electron chi connectivity index (χ4n) is 5.28. The molecule has 0 N–H and O–H groups in total. The van der Waals surface area contributed by atoms with Gasteiger partial charge in [-0.15, -0.1) is 0 Å². The smallest absolute Gasteiger partial charge is 0.243 e. The number of nitrogens with zero attached hydrogens (tertiary/aromatic N) is 2. The van der Waals surface area contributed by atoms with E-state index in [1.807, 2.05) is 30.9 Å². The van der Waals surface area contributed by atoms with E-state index in [2.05, 4.69) is 0 Å². The third-order valence-corrected chi connectivity index (χ3v) is 8.91. The molecule has 2 saturated carbocycles. The minimum atomic E-state index is -3.50. The van der Waals surface area contributed by atoms with Gasteiger partial charge in [-0.3, -0.25) is 4.79 Å². The number of piperazine rings is 1. The highest BCUT2D eigenvalue weighted by Gasteiger charge is 2.41. The van der Waals surface area contributed by atoms with E-state index in [4.69, 9.17) is 0 Å². The lowest BCUT2D eigenvalue weighted by Gasteiger charge is -2.35. The highest BCUT2D eigenvalue weighted by Crippen LogP contribution is 2.49. The van der Waals surface area contributed by atoms with Gasteiger partial charge in [-0.2, -0.15) is 4.31 Å². The summed E-state index contributed by atoms with van der Waals surface area (Å²) in [6.45, 7) is 5.52. The average Bonchev–Trinajstić information content (AvgIpc) is 3.27. The Hall–Kier alpha value is -1.40. The van der Waals surface area contributed by atoms with Crippen LogP contribution < -0.4 is 0 Å². The van der Waals surface area contributed by atoms with Crippen molar-refractivity contribution in [1.82, 2.24) is 9.21 Å². The first-order valence-corrected chi connectivity index (χ1v) is 11.6. The molecule has 1 heterocycles. The lowest BCUT2D eigenvalue weighted by Crippen LogP contribution is -2.50. The van der Waals surface area contributed by atoms with Crippen molar-refractivity contribution >= 4 is 15.9 Å². The van der Waals surface area contributed by atoms with Gasteiger partial charge in [0.15, 0.2) is 0 Å². The molecule has 27 heavy (non-hydrogen) atoms. The third kappa shape index (κ3) is 3.66. The van der Waals surface area contributed by atoms with Gasteiger partial charge in [0.1, 0.15) is 0 Å². The maximum Gasteiger partial charge on any atom is 0.243 e. The molecule has 3 unspecified atom stereocenters. The number of rotatable bonds is 4. The summed E-state index contributed by atoms with van der Waals surface area (Å²) < 4.78 is 27.6. The van der Waals surface area contributed by atoms with E-state index in [1.165, 1.54) is 30.0 Å². The first kappa shape index (κ1) is 18.9. The molecular formula is C21H30N2O3S. The third-order valence-electron chi connectivity index (χ3n) is 6.87. The van der Waals surface area contributed by atoms with Crippen LogP contribution in [0.2, 0.25) is 0 Å². The summed E-state index contributed by atoms with van der Waals surface area (Å²) in [5.74, 6) is 2.39. The van der Waals surface area contributed by atoms with Gasteiger partial charge in [-0.1, -0.05) is 18.6 Å². The Morgan fingerprint density at radius 2 is 1.81 bits per heavy atom. The van der Waals surface area contributed by atoms with Gasteiger partial charge < -0.3 is 4.90 Å². The molecule has 1 saturated heterocycles. The van der Waals surface area contributed by atoms with Crippen LogP contribution >= 0.6 is 0 Å². The van der Waals surface area contributed by atoms with Gasteiger partial charge in [0, 0.05) is 32.6 Å². The van der Waals surface area contributed by atoms with E-state index in [9.17, 15) is 13.2 Å². The Balaban J connectivity index is 1.37. The van der Waals surface area contributed by atoms with Crippen molar-refractivity contribution in [2.45, 2.75) is 50.8 Å². The normalized spacial score (nSPS) is 28.7. The second-order valence-electron chi connectivity index (χ2n) is 8.69. The molecule has 1 amide bonds. The van der Waals surface area contributed by atoms with Crippen LogP contribution in [0.1, 0.15) is 43.2 Å². The Morgan fingerprint density at radius 3 is 2.44 bits per heavy atom. The molecule has 3 fully saturated rings. The Morgan fingerprint density at radius 1 is 1.07 bits per heavy atom. The lowest BCUT2D eigenvalue weighted by atomic mass is 9.86. The van der Waals surface area contributed by atoms with Gasteiger partial charge >= 0.3 is 0 Å². The lowest BCUT2D eigenvalue weighted by molar-refractivity contribution is -0.133. The van der Waals surface area contributed by atoms with E-state index in [-0.39, 0.29) is 5.91 Å². The highest BCUT2D eigenvalue weighted by molar-refractivity contribution is 7.89. The molecule has 5 nitrogen and oxygen atoms in total. The van der Waals surface area contributed by atoms with Gasteiger partial charge in [0.05, 0.1) is 4.90 Å². The van der Waals surface area contributed by atoms with Crippen molar-refractivity contribution in [2.24, 2.45) is 17.8 Å². The van der Waals surface area contributed by atoms with E-state index in [1.54, 1.807) is 6.07 Å². The topological polar surface area (TPSA) is 57.7 Å². The van der Waals surface area contributed by atoms with Crippen LogP contribution in [0, 0.1) is 31.6 Å². The van der Waals surface area contributed by atoms with Gasteiger partial charge in [-0.25, -0.2) is 8.42 Å². The summed E-state index contributed by atoms with van der Waals surface area (Å²) in [6, 6.07) is 5.54. The predicted molar refractivity (Wildman–Crippen MR) is 105 cm³/mol. The van der Waals surface area contributed by atoms with Crippen LogP contribution in [0.25, 0.3) is 0 Å². The van der Waals surface area contributed by atoms with E-state index in [0.29, 0.717) is 43.4 Å². The molecule has 2 bridgehead atoms. The zero-order valence-corrected chi connectivity index (χ0v) is 17.2. The molecule has 2 aliphatic carbocycles. The summed E-state index contributed by atoms with van der Waals surface area (Å²) in [4.78, 5) is 15.0. The summed E-state index contributed by atoms with van der Waals surface area (Å²) in [6.07, 6.45) is 5.84. The largest absolute Gasteiger partial charge is 0.340 e. The minimum Gasteiger partial charge on any atom is -0.340 e. The number of amides is 1. The number of hydrogen-bond donors (Lipinski definition) is 0. The standard InChI is InChI=1S/C21H30N2O3S/c1-15-3-4-16(2)20(11-15)27(25,26)23-9-7-22(8-10-23)21(24)14-19-13-17-5-6-18(19)12-17/h3-4,11,17-19H,5-10,12-14H2,1-2H3. The number of fused-ring (bicyclic) bond motifs is 2. The average molecular weight is 391 g/mol. The predicted octanol–water partition coefficient (Wildman–Crippen LogP) is 2.96. The molecule has 1 aliphatic heterocycles. The first-order chi connectivity index (χ1) is 12.8. The molecule has 0 radical (unpaired) electrons. The maximum atomic E-state index is 13.0. The van der Waals surface area contributed by atoms with Crippen LogP contribution in [-0.2, 0) is 14.8 Å². The van der Waals surface area contributed by atoms with Crippen LogP contribution in [0.5, 0.6) is 0 Å². The fraction of sp³-hybridized carbons (Fsp3) is 0.667. The second-order valence-corrected chi connectivity index (χ2v) is 10.6. The molecule has 3 aliphatic rings. The first-order valence-electron chi connectivity index (χ1n) is 10.2. The fourth-order valence-corrected chi connectivity index (χ4v) is 7.01. The van der Waals surface area contributed by atoms with Gasteiger partial charge in [0.2, 0.25) is 15.9 Å². The van der Waals surface area contributed by atoms with Gasteiger partial charge in [-0.05, 0) is 68.1 Å². The molecule has 1 aromatic rings. The van der Waals surface area contributed by atoms with Crippen LogP contribution in [0.3, 0.4) is 0 Å². The SMILES string of the molecule is Cc1ccc(C)c(S(=O)(=O)N2CCN(C(=O)CC3CC4CCC3C4)CC2)c1. The van der Waals surface area contributed by atoms with Crippen LogP contribution in [-0.4, -0.2) is 49.7 Å². The molecule has 6 heteroatoms. The van der Waals surface area contributed by atoms with Crippen molar-refractivity contribution in [3.05, 3.63) is 29.3 Å². The number of benzene rings is 1. The number of hydrogen-bond acceptors (Lipinski definition) is 3. The second kappa shape index (κ2) is 7.21. The number of carbonyl (C=O) groups is 1. The molecule has 148 valence electrons. The maximum absolute atomic E-state index is 13.0. The van der Waals surface area contributed by atoms with Crippen molar-refractivity contribution in [1.29, 1.82) is 0 Å². The summed E-state index contributed by atoms with van der Waals surface area (Å²) >= 11 is 0. The molecule has 3 atom stereocenters. The summed E-state index contributed by atoms with van der Waals surface area (Å²) in [5, 5.41) is 0. The van der Waals surface area contributed by atoms with Crippen LogP contribution in [0.15, 0.2) is 23.1 Å².